The molecule has 2 aromatic carbocycles. The summed E-state index contributed by atoms with van der Waals surface area (Å²) in [7, 11) is 0. The number of halogens is 2. The van der Waals surface area contributed by atoms with Crippen LogP contribution in [0.4, 0.5) is 10.1 Å². The van der Waals surface area contributed by atoms with Crippen molar-refractivity contribution in [2.24, 2.45) is 0 Å². The predicted octanol–water partition coefficient (Wildman–Crippen LogP) is 3.75. The molecule has 0 amide bonds. The molecule has 2 nitrogen and oxygen atoms in total. The second-order valence-corrected chi connectivity index (χ2v) is 4.33. The molecule has 0 heterocycles. The first-order valence-corrected chi connectivity index (χ1v) is 5.88. The molecule has 0 aliphatic rings. The first kappa shape index (κ1) is 11.9. The molecule has 0 saturated heterocycles. The Morgan fingerprint density at radius 2 is 1.88 bits per heavy atom. The minimum Gasteiger partial charge on any atom is -0.486 e. The number of para-hydroxylation sites is 1. The van der Waals surface area contributed by atoms with Crippen LogP contribution in [0.25, 0.3) is 0 Å². The average molecular weight is 296 g/mol. The summed E-state index contributed by atoms with van der Waals surface area (Å²) >= 11 is 3.37. The molecule has 0 radical (unpaired) electrons. The highest BCUT2D eigenvalue weighted by Crippen LogP contribution is 2.25. The normalized spacial score (nSPS) is 10.2. The highest BCUT2D eigenvalue weighted by atomic mass is 79.9. The zero-order valence-electron chi connectivity index (χ0n) is 8.99. The van der Waals surface area contributed by atoms with E-state index >= 15 is 0 Å². The molecule has 0 unspecified atom stereocenters. The first-order chi connectivity index (χ1) is 8.18. The molecule has 0 aliphatic heterocycles. The molecule has 2 N–H and O–H groups in total. The summed E-state index contributed by atoms with van der Waals surface area (Å²) in [5, 5.41) is 0. The third kappa shape index (κ3) is 2.77. The van der Waals surface area contributed by atoms with Gasteiger partial charge in [0.25, 0.3) is 0 Å². The SMILES string of the molecule is Nc1cccc(COc2ccccc2F)c1Br. The van der Waals surface area contributed by atoms with Crippen LogP contribution in [0.2, 0.25) is 0 Å². The van der Waals surface area contributed by atoms with Crippen molar-refractivity contribution in [1.82, 2.24) is 0 Å². The van der Waals surface area contributed by atoms with E-state index in [4.69, 9.17) is 10.5 Å². The second-order valence-electron chi connectivity index (χ2n) is 3.54. The van der Waals surface area contributed by atoms with Gasteiger partial charge in [0.1, 0.15) is 6.61 Å². The lowest BCUT2D eigenvalue weighted by molar-refractivity contribution is 0.289. The van der Waals surface area contributed by atoms with Crippen LogP contribution in [0, 0.1) is 5.82 Å². The van der Waals surface area contributed by atoms with Crippen LogP contribution < -0.4 is 10.5 Å². The lowest BCUT2D eigenvalue weighted by Gasteiger charge is -2.09. The van der Waals surface area contributed by atoms with E-state index in [0.717, 1.165) is 10.0 Å². The van der Waals surface area contributed by atoms with Crippen molar-refractivity contribution in [1.29, 1.82) is 0 Å². The Kier molecular flexibility index (Phi) is 3.64. The highest BCUT2D eigenvalue weighted by Gasteiger charge is 2.06. The summed E-state index contributed by atoms with van der Waals surface area (Å²) in [6.07, 6.45) is 0. The van der Waals surface area contributed by atoms with E-state index in [1.807, 2.05) is 12.1 Å². The number of hydrogen-bond donors (Lipinski definition) is 1. The minimum atomic E-state index is -0.368. The van der Waals surface area contributed by atoms with Crippen molar-refractivity contribution in [3.05, 3.63) is 58.3 Å². The lowest BCUT2D eigenvalue weighted by atomic mass is 10.2. The van der Waals surface area contributed by atoms with E-state index < -0.39 is 0 Å². The van der Waals surface area contributed by atoms with E-state index in [2.05, 4.69) is 15.9 Å². The fraction of sp³-hybridized carbons (Fsp3) is 0.0769. The van der Waals surface area contributed by atoms with Gasteiger partial charge in [-0.15, -0.1) is 0 Å². The molecule has 0 saturated carbocycles. The number of benzene rings is 2. The summed E-state index contributed by atoms with van der Waals surface area (Å²) in [5.74, 6) is -0.130. The first-order valence-electron chi connectivity index (χ1n) is 5.08. The molecule has 88 valence electrons. The zero-order valence-corrected chi connectivity index (χ0v) is 10.6. The molecule has 0 spiro atoms. The van der Waals surface area contributed by atoms with Crippen LogP contribution in [0.5, 0.6) is 5.75 Å². The molecular weight excluding hydrogens is 285 g/mol. The van der Waals surface area contributed by atoms with Gasteiger partial charge in [-0.1, -0.05) is 24.3 Å². The van der Waals surface area contributed by atoms with Crippen LogP contribution in [-0.4, -0.2) is 0 Å². The van der Waals surface area contributed by atoms with Crippen molar-refractivity contribution in [3.8, 4) is 5.75 Å². The summed E-state index contributed by atoms with van der Waals surface area (Å²) in [4.78, 5) is 0. The van der Waals surface area contributed by atoms with Gasteiger partial charge >= 0.3 is 0 Å². The Morgan fingerprint density at radius 3 is 2.65 bits per heavy atom. The number of rotatable bonds is 3. The molecule has 4 heteroatoms. The van der Waals surface area contributed by atoms with E-state index in [0.29, 0.717) is 5.69 Å². The molecule has 0 atom stereocenters. The monoisotopic (exact) mass is 295 g/mol. The van der Waals surface area contributed by atoms with Gasteiger partial charge in [0, 0.05) is 15.7 Å². The van der Waals surface area contributed by atoms with Crippen LogP contribution >= 0.6 is 15.9 Å². The molecule has 0 aliphatic carbocycles. The van der Waals surface area contributed by atoms with Crippen molar-refractivity contribution >= 4 is 21.6 Å². The molecule has 0 fully saturated rings. The van der Waals surface area contributed by atoms with E-state index in [9.17, 15) is 4.39 Å². The zero-order chi connectivity index (χ0) is 12.3. The Hall–Kier alpha value is -1.55. The van der Waals surface area contributed by atoms with Crippen LogP contribution in [0.3, 0.4) is 0 Å². The van der Waals surface area contributed by atoms with Crippen molar-refractivity contribution in [2.45, 2.75) is 6.61 Å². The van der Waals surface area contributed by atoms with Gasteiger partial charge in [0.15, 0.2) is 11.6 Å². The lowest BCUT2D eigenvalue weighted by Crippen LogP contribution is -1.99. The maximum absolute atomic E-state index is 13.3. The van der Waals surface area contributed by atoms with E-state index in [1.54, 1.807) is 24.3 Å². The van der Waals surface area contributed by atoms with Crippen LogP contribution in [0.1, 0.15) is 5.56 Å². The molecular formula is C13H11BrFNO. The number of ether oxygens (including phenoxy) is 1. The quantitative estimate of drug-likeness (QED) is 0.875. The third-order valence-electron chi connectivity index (χ3n) is 2.33. The number of nitrogen functional groups attached to an aromatic ring is 1. The predicted molar refractivity (Wildman–Crippen MR) is 69.3 cm³/mol. The smallest absolute Gasteiger partial charge is 0.165 e. The number of hydrogen-bond acceptors (Lipinski definition) is 2. The maximum atomic E-state index is 13.3. The van der Waals surface area contributed by atoms with E-state index in [1.165, 1.54) is 6.07 Å². The molecule has 0 bridgehead atoms. The van der Waals surface area contributed by atoms with Gasteiger partial charge in [0.2, 0.25) is 0 Å². The largest absolute Gasteiger partial charge is 0.486 e. The molecule has 2 rings (SSSR count). The van der Waals surface area contributed by atoms with Gasteiger partial charge in [-0.05, 0) is 34.1 Å². The summed E-state index contributed by atoms with van der Waals surface area (Å²) in [5.41, 5.74) is 7.26. The molecule has 2 aromatic rings. The summed E-state index contributed by atoms with van der Waals surface area (Å²) in [6, 6.07) is 11.8. The van der Waals surface area contributed by atoms with Gasteiger partial charge < -0.3 is 10.5 Å². The minimum absolute atomic E-state index is 0.238. The Morgan fingerprint density at radius 1 is 1.12 bits per heavy atom. The van der Waals surface area contributed by atoms with E-state index in [-0.39, 0.29) is 18.2 Å². The van der Waals surface area contributed by atoms with Crippen LogP contribution in [-0.2, 0) is 6.61 Å². The fourth-order valence-electron chi connectivity index (χ4n) is 1.43. The Labute approximate surface area is 107 Å². The maximum Gasteiger partial charge on any atom is 0.165 e. The Balaban J connectivity index is 2.13. The second kappa shape index (κ2) is 5.19. The van der Waals surface area contributed by atoms with Gasteiger partial charge in [-0.2, -0.15) is 0 Å². The summed E-state index contributed by atoms with van der Waals surface area (Å²) in [6.45, 7) is 0.270. The van der Waals surface area contributed by atoms with Crippen molar-refractivity contribution in [3.63, 3.8) is 0 Å². The molecule has 17 heavy (non-hydrogen) atoms. The Bertz CT molecular complexity index is 531. The standard InChI is InChI=1S/C13H11BrFNO/c14-13-9(4-3-6-11(13)16)8-17-12-7-2-1-5-10(12)15/h1-7H,8,16H2. The molecule has 0 aromatic heterocycles. The topological polar surface area (TPSA) is 35.2 Å². The fourth-order valence-corrected chi connectivity index (χ4v) is 1.81. The van der Waals surface area contributed by atoms with Crippen LogP contribution in [0.15, 0.2) is 46.9 Å². The van der Waals surface area contributed by atoms with Crippen molar-refractivity contribution in [2.75, 3.05) is 5.73 Å². The average Bonchev–Trinajstić information content (AvgIpc) is 2.33. The summed E-state index contributed by atoms with van der Waals surface area (Å²) < 4.78 is 19.5. The number of nitrogens with two attached hydrogens (primary N) is 1. The third-order valence-corrected chi connectivity index (χ3v) is 3.30. The number of anilines is 1. The highest BCUT2D eigenvalue weighted by molar-refractivity contribution is 9.10. The van der Waals surface area contributed by atoms with Gasteiger partial charge in [-0.25, -0.2) is 4.39 Å². The van der Waals surface area contributed by atoms with Gasteiger partial charge in [0.05, 0.1) is 0 Å². The van der Waals surface area contributed by atoms with Gasteiger partial charge in [-0.3, -0.25) is 0 Å². The van der Waals surface area contributed by atoms with Crippen molar-refractivity contribution < 1.29 is 9.13 Å².